The number of nitrogens with two attached hydrogens (primary N) is 1. The van der Waals surface area contributed by atoms with Crippen LogP contribution in [0.2, 0.25) is 5.02 Å². The molecule has 0 aromatic heterocycles. The van der Waals surface area contributed by atoms with Crippen LogP contribution in [0.15, 0.2) is 23.2 Å². The van der Waals surface area contributed by atoms with Crippen molar-refractivity contribution in [1.82, 2.24) is 5.32 Å². The predicted molar refractivity (Wildman–Crippen MR) is 97.0 cm³/mol. The summed E-state index contributed by atoms with van der Waals surface area (Å²) in [7, 11) is 1.55. The van der Waals surface area contributed by atoms with Crippen LogP contribution in [0.3, 0.4) is 0 Å². The molecule has 0 atom stereocenters. The number of nitrogens with zero attached hydrogens (tertiary/aromatic N) is 1. The van der Waals surface area contributed by atoms with Gasteiger partial charge in [-0.25, -0.2) is 4.79 Å². The van der Waals surface area contributed by atoms with Gasteiger partial charge in [-0.05, 0) is 45.4 Å². The second-order valence-electron chi connectivity index (χ2n) is 6.02. The molecule has 1 amide bonds. The minimum absolute atomic E-state index is 0.272. The van der Waals surface area contributed by atoms with Crippen LogP contribution in [0.1, 0.15) is 27.2 Å². The molecule has 0 unspecified atom stereocenters. The number of aliphatic imine (C=N–C) groups is 1. The van der Waals surface area contributed by atoms with Crippen molar-refractivity contribution in [2.75, 3.05) is 25.5 Å². The Morgan fingerprint density at radius 3 is 2.67 bits per heavy atom. The maximum atomic E-state index is 11.5. The highest BCUT2D eigenvalue weighted by molar-refractivity contribution is 6.32. The van der Waals surface area contributed by atoms with Crippen LogP contribution in [-0.2, 0) is 4.74 Å². The average molecular weight is 357 g/mol. The highest BCUT2D eigenvalue weighted by Gasteiger charge is 2.15. The Morgan fingerprint density at radius 1 is 1.38 bits per heavy atom. The van der Waals surface area contributed by atoms with Gasteiger partial charge in [0.1, 0.15) is 11.4 Å². The number of benzene rings is 1. The van der Waals surface area contributed by atoms with E-state index >= 15 is 0 Å². The van der Waals surface area contributed by atoms with Crippen LogP contribution in [-0.4, -0.2) is 37.9 Å². The zero-order chi connectivity index (χ0) is 18.2. The van der Waals surface area contributed by atoms with Gasteiger partial charge in [0.05, 0.1) is 12.1 Å². The first-order valence-corrected chi connectivity index (χ1v) is 7.96. The van der Waals surface area contributed by atoms with Crippen LogP contribution in [0.4, 0.5) is 10.5 Å². The molecular weight excluding hydrogens is 332 g/mol. The van der Waals surface area contributed by atoms with Crippen molar-refractivity contribution in [3.05, 3.63) is 23.2 Å². The fourth-order valence-electron chi connectivity index (χ4n) is 1.71. The largest absolute Gasteiger partial charge is 0.495 e. The second kappa shape index (κ2) is 9.22. The van der Waals surface area contributed by atoms with Crippen LogP contribution < -0.4 is 21.1 Å². The number of carbonyl (C=O) groups is 1. The number of guanidine groups is 1. The maximum absolute atomic E-state index is 11.5. The van der Waals surface area contributed by atoms with Crippen molar-refractivity contribution in [2.24, 2.45) is 10.7 Å². The van der Waals surface area contributed by atoms with Crippen molar-refractivity contribution < 1.29 is 14.3 Å². The molecule has 0 bridgehead atoms. The Bertz CT molecular complexity index is 585. The molecule has 1 aromatic carbocycles. The van der Waals surface area contributed by atoms with E-state index in [1.807, 2.05) is 20.8 Å². The van der Waals surface area contributed by atoms with E-state index in [-0.39, 0.29) is 5.96 Å². The van der Waals surface area contributed by atoms with E-state index in [4.69, 9.17) is 26.8 Å². The van der Waals surface area contributed by atoms with E-state index < -0.39 is 11.7 Å². The molecule has 1 rings (SSSR count). The number of hydrogen-bond donors (Lipinski definition) is 3. The molecule has 0 heterocycles. The van der Waals surface area contributed by atoms with Crippen LogP contribution >= 0.6 is 11.6 Å². The number of rotatable bonds is 6. The Hall–Kier alpha value is -2.15. The number of nitrogens with one attached hydrogen (secondary N) is 2. The SMILES string of the molecule is COc1ccc(NC(N)=NCCCNC(=O)OC(C)(C)C)cc1Cl. The third kappa shape index (κ3) is 7.92. The molecule has 0 saturated carbocycles. The van der Waals surface area contributed by atoms with Gasteiger partial charge in [0.15, 0.2) is 5.96 Å². The molecule has 4 N–H and O–H groups in total. The van der Waals surface area contributed by atoms with Crippen molar-refractivity contribution in [2.45, 2.75) is 32.8 Å². The lowest BCUT2D eigenvalue weighted by Crippen LogP contribution is -2.33. The van der Waals surface area contributed by atoms with Crippen LogP contribution in [0, 0.1) is 0 Å². The highest BCUT2D eigenvalue weighted by Crippen LogP contribution is 2.26. The number of ether oxygens (including phenoxy) is 2. The fraction of sp³-hybridized carbons (Fsp3) is 0.500. The molecular formula is C16H25ClN4O3. The van der Waals surface area contributed by atoms with Gasteiger partial charge in [-0.15, -0.1) is 0 Å². The smallest absolute Gasteiger partial charge is 0.407 e. The molecule has 7 nitrogen and oxygen atoms in total. The average Bonchev–Trinajstić information content (AvgIpc) is 2.45. The van der Waals surface area contributed by atoms with E-state index in [9.17, 15) is 4.79 Å². The fourth-order valence-corrected chi connectivity index (χ4v) is 1.97. The van der Waals surface area contributed by atoms with Gasteiger partial charge in [-0.2, -0.15) is 0 Å². The monoisotopic (exact) mass is 356 g/mol. The molecule has 0 aliphatic carbocycles. The summed E-state index contributed by atoms with van der Waals surface area (Å²) in [6, 6.07) is 5.23. The molecule has 0 spiro atoms. The van der Waals surface area contributed by atoms with E-state index in [2.05, 4.69) is 15.6 Å². The molecule has 0 aliphatic rings. The number of hydrogen-bond acceptors (Lipinski definition) is 4. The van der Waals surface area contributed by atoms with Crippen molar-refractivity contribution in [1.29, 1.82) is 0 Å². The van der Waals surface area contributed by atoms with Crippen molar-refractivity contribution in [3.63, 3.8) is 0 Å². The summed E-state index contributed by atoms with van der Waals surface area (Å²) in [6.45, 7) is 6.37. The first kappa shape index (κ1) is 19.9. The van der Waals surface area contributed by atoms with Crippen LogP contribution in [0.25, 0.3) is 0 Å². The van der Waals surface area contributed by atoms with Gasteiger partial charge in [0, 0.05) is 18.8 Å². The molecule has 134 valence electrons. The predicted octanol–water partition coefficient (Wildman–Crippen LogP) is 2.99. The van der Waals surface area contributed by atoms with E-state index in [1.165, 1.54) is 0 Å². The van der Waals surface area contributed by atoms with Gasteiger partial charge in [-0.3, -0.25) is 4.99 Å². The molecule has 1 aromatic rings. The quantitative estimate of drug-likeness (QED) is 0.413. The molecule has 0 aliphatic heterocycles. The first-order valence-electron chi connectivity index (χ1n) is 7.58. The summed E-state index contributed by atoms with van der Waals surface area (Å²) in [4.78, 5) is 15.6. The minimum atomic E-state index is -0.504. The van der Waals surface area contributed by atoms with Gasteiger partial charge in [0.2, 0.25) is 0 Å². The summed E-state index contributed by atoms with van der Waals surface area (Å²) in [6.07, 6.45) is 0.204. The minimum Gasteiger partial charge on any atom is -0.495 e. The highest BCUT2D eigenvalue weighted by atomic mass is 35.5. The lowest BCUT2D eigenvalue weighted by molar-refractivity contribution is 0.0527. The van der Waals surface area contributed by atoms with E-state index in [0.717, 1.165) is 0 Å². The number of anilines is 1. The van der Waals surface area contributed by atoms with E-state index in [0.29, 0.717) is 36.0 Å². The first-order chi connectivity index (χ1) is 11.2. The molecule has 8 heteroatoms. The van der Waals surface area contributed by atoms with E-state index in [1.54, 1.807) is 25.3 Å². The lowest BCUT2D eigenvalue weighted by atomic mass is 10.2. The van der Waals surface area contributed by atoms with Crippen molar-refractivity contribution >= 4 is 29.3 Å². The zero-order valence-corrected chi connectivity index (χ0v) is 15.2. The van der Waals surface area contributed by atoms with Gasteiger partial charge in [0.25, 0.3) is 0 Å². The number of amides is 1. The summed E-state index contributed by atoms with van der Waals surface area (Å²) in [5, 5.41) is 6.08. The topological polar surface area (TPSA) is 98.0 Å². The molecule has 0 fully saturated rings. The zero-order valence-electron chi connectivity index (χ0n) is 14.5. The van der Waals surface area contributed by atoms with Gasteiger partial charge in [-0.1, -0.05) is 11.6 Å². The standard InChI is InChI=1S/C16H25ClN4O3/c1-16(2,3)24-15(22)20-9-5-8-19-14(18)21-11-6-7-13(23-4)12(17)10-11/h6-7,10H,5,8-9H2,1-4H3,(H,20,22)(H3,18,19,21). The third-order valence-corrected chi connectivity index (χ3v) is 3.00. The maximum Gasteiger partial charge on any atom is 0.407 e. The molecule has 0 saturated heterocycles. The Labute approximate surface area is 147 Å². The molecule has 24 heavy (non-hydrogen) atoms. The normalized spacial score (nSPS) is 11.8. The third-order valence-electron chi connectivity index (χ3n) is 2.71. The summed E-state index contributed by atoms with van der Waals surface area (Å²) < 4.78 is 10.2. The number of alkyl carbamates (subject to hydrolysis) is 1. The number of methoxy groups -OCH3 is 1. The van der Waals surface area contributed by atoms with Crippen LogP contribution in [0.5, 0.6) is 5.75 Å². The number of carbonyl (C=O) groups excluding carboxylic acids is 1. The lowest BCUT2D eigenvalue weighted by Gasteiger charge is -2.19. The summed E-state index contributed by atoms with van der Waals surface area (Å²) in [5.74, 6) is 0.861. The molecule has 0 radical (unpaired) electrons. The second-order valence-corrected chi connectivity index (χ2v) is 6.43. The Balaban J connectivity index is 2.32. The van der Waals surface area contributed by atoms with Gasteiger partial charge < -0.3 is 25.8 Å². The van der Waals surface area contributed by atoms with Gasteiger partial charge >= 0.3 is 6.09 Å². The summed E-state index contributed by atoms with van der Waals surface area (Å²) >= 11 is 6.04. The van der Waals surface area contributed by atoms with Crippen molar-refractivity contribution in [3.8, 4) is 5.75 Å². The summed E-state index contributed by atoms with van der Waals surface area (Å²) in [5.41, 5.74) is 6.02. The number of halogens is 1. The Morgan fingerprint density at radius 2 is 2.08 bits per heavy atom. The Kier molecular flexibility index (Phi) is 7.64.